The molecule has 1 heterocycles. The maximum atomic E-state index is 11.8. The second-order valence-electron chi connectivity index (χ2n) is 5.56. The van der Waals surface area contributed by atoms with Crippen molar-refractivity contribution in [1.29, 1.82) is 0 Å². The van der Waals surface area contributed by atoms with Gasteiger partial charge in [0.15, 0.2) is 6.61 Å². The Kier molecular flexibility index (Phi) is 7.29. The molecule has 0 spiro atoms. The topological polar surface area (TPSA) is 50.4 Å². The molecular formula is C15H22Cl2N2O2. The van der Waals surface area contributed by atoms with E-state index in [9.17, 15) is 4.79 Å². The van der Waals surface area contributed by atoms with Crippen LogP contribution in [-0.4, -0.2) is 32.1 Å². The third kappa shape index (κ3) is 5.73. The third-order valence-corrected chi connectivity index (χ3v) is 4.03. The van der Waals surface area contributed by atoms with Gasteiger partial charge in [-0.15, -0.1) is 12.4 Å². The van der Waals surface area contributed by atoms with E-state index in [-0.39, 0.29) is 30.3 Å². The van der Waals surface area contributed by atoms with Crippen LogP contribution in [0.2, 0.25) is 5.02 Å². The summed E-state index contributed by atoms with van der Waals surface area (Å²) in [5.41, 5.74) is 0.186. The van der Waals surface area contributed by atoms with Gasteiger partial charge in [-0.2, -0.15) is 0 Å². The summed E-state index contributed by atoms with van der Waals surface area (Å²) in [4.78, 5) is 11.8. The van der Waals surface area contributed by atoms with Gasteiger partial charge in [0.2, 0.25) is 0 Å². The first-order chi connectivity index (χ1) is 9.59. The molecule has 0 bridgehead atoms. The van der Waals surface area contributed by atoms with Crippen molar-refractivity contribution in [2.24, 2.45) is 5.41 Å². The molecule has 1 aromatic carbocycles. The number of hydrogen-bond donors (Lipinski definition) is 2. The number of amides is 1. The van der Waals surface area contributed by atoms with E-state index >= 15 is 0 Å². The molecule has 1 fully saturated rings. The van der Waals surface area contributed by atoms with E-state index in [1.165, 1.54) is 0 Å². The fourth-order valence-corrected chi connectivity index (χ4v) is 2.47. The lowest BCUT2D eigenvalue weighted by Crippen LogP contribution is -2.43. The molecule has 118 valence electrons. The number of hydrogen-bond acceptors (Lipinski definition) is 3. The minimum absolute atomic E-state index is 0. The zero-order chi connectivity index (χ0) is 14.4. The molecular weight excluding hydrogens is 311 g/mol. The second-order valence-corrected chi connectivity index (χ2v) is 5.96. The summed E-state index contributed by atoms with van der Waals surface area (Å²) < 4.78 is 5.42. The number of carbonyl (C=O) groups excluding carboxylic acids is 1. The van der Waals surface area contributed by atoms with Crippen LogP contribution >= 0.6 is 24.0 Å². The number of para-hydroxylation sites is 1. The largest absolute Gasteiger partial charge is 0.482 e. The average molecular weight is 333 g/mol. The second kappa shape index (κ2) is 8.47. The number of rotatable bonds is 5. The Hall–Kier alpha value is -0.970. The van der Waals surface area contributed by atoms with Gasteiger partial charge in [-0.05, 0) is 43.5 Å². The highest BCUT2D eigenvalue weighted by Crippen LogP contribution is 2.26. The van der Waals surface area contributed by atoms with Crippen molar-refractivity contribution in [3.05, 3.63) is 29.3 Å². The molecule has 0 saturated carbocycles. The predicted molar refractivity (Wildman–Crippen MR) is 87.4 cm³/mol. The molecule has 0 unspecified atom stereocenters. The SMILES string of the molecule is CC1(CNC(=O)COc2ccccc2Cl)CCNCC1.Cl. The number of benzene rings is 1. The molecule has 1 saturated heterocycles. The maximum Gasteiger partial charge on any atom is 0.257 e. The van der Waals surface area contributed by atoms with Gasteiger partial charge < -0.3 is 15.4 Å². The molecule has 1 aliphatic heterocycles. The first-order valence-corrected chi connectivity index (χ1v) is 7.32. The fourth-order valence-electron chi connectivity index (χ4n) is 2.28. The van der Waals surface area contributed by atoms with E-state index in [1.54, 1.807) is 12.1 Å². The molecule has 0 aliphatic carbocycles. The highest BCUT2D eigenvalue weighted by Gasteiger charge is 2.26. The highest BCUT2D eigenvalue weighted by molar-refractivity contribution is 6.32. The standard InChI is InChI=1S/C15H21ClN2O2.ClH/c1-15(6-8-17-9-7-15)11-18-14(19)10-20-13-5-3-2-4-12(13)16;/h2-5,17H,6-11H2,1H3,(H,18,19);1H. The minimum atomic E-state index is -0.107. The first kappa shape index (κ1) is 18.1. The Morgan fingerprint density at radius 1 is 1.38 bits per heavy atom. The zero-order valence-electron chi connectivity index (χ0n) is 12.2. The molecule has 1 aliphatic rings. The highest BCUT2D eigenvalue weighted by atomic mass is 35.5. The molecule has 0 atom stereocenters. The Labute approximate surface area is 137 Å². The smallest absolute Gasteiger partial charge is 0.257 e. The Morgan fingerprint density at radius 3 is 2.71 bits per heavy atom. The summed E-state index contributed by atoms with van der Waals surface area (Å²) in [5, 5.41) is 6.80. The molecule has 2 N–H and O–H groups in total. The van der Waals surface area contributed by atoms with Gasteiger partial charge in [0, 0.05) is 6.54 Å². The van der Waals surface area contributed by atoms with Crippen LogP contribution in [-0.2, 0) is 4.79 Å². The normalized spacial score (nSPS) is 16.7. The van der Waals surface area contributed by atoms with Crippen molar-refractivity contribution in [1.82, 2.24) is 10.6 Å². The summed E-state index contributed by atoms with van der Waals surface area (Å²) in [5.74, 6) is 0.432. The molecule has 21 heavy (non-hydrogen) atoms. The van der Waals surface area contributed by atoms with Crippen LogP contribution in [0.4, 0.5) is 0 Å². The molecule has 1 amide bonds. The molecule has 2 rings (SSSR count). The van der Waals surface area contributed by atoms with Crippen LogP contribution in [0.3, 0.4) is 0 Å². The van der Waals surface area contributed by atoms with Crippen LogP contribution < -0.4 is 15.4 Å². The lowest BCUT2D eigenvalue weighted by Gasteiger charge is -2.34. The van der Waals surface area contributed by atoms with E-state index in [0.29, 0.717) is 17.3 Å². The number of nitrogens with one attached hydrogen (secondary N) is 2. The summed E-state index contributed by atoms with van der Waals surface area (Å²) >= 11 is 5.96. The van der Waals surface area contributed by atoms with Crippen molar-refractivity contribution in [3.63, 3.8) is 0 Å². The van der Waals surface area contributed by atoms with Crippen molar-refractivity contribution in [3.8, 4) is 5.75 Å². The van der Waals surface area contributed by atoms with Gasteiger partial charge >= 0.3 is 0 Å². The quantitative estimate of drug-likeness (QED) is 0.871. The average Bonchev–Trinajstić information content (AvgIpc) is 2.45. The molecule has 6 heteroatoms. The van der Waals surface area contributed by atoms with Crippen LogP contribution in [0.1, 0.15) is 19.8 Å². The lowest BCUT2D eigenvalue weighted by atomic mass is 9.81. The number of carbonyl (C=O) groups is 1. The first-order valence-electron chi connectivity index (χ1n) is 6.94. The Bertz CT molecular complexity index is 463. The third-order valence-electron chi connectivity index (χ3n) is 3.72. The van der Waals surface area contributed by atoms with E-state index in [0.717, 1.165) is 25.9 Å². The summed E-state index contributed by atoms with van der Waals surface area (Å²) in [6.07, 6.45) is 2.16. The molecule has 4 nitrogen and oxygen atoms in total. The maximum absolute atomic E-state index is 11.8. The minimum Gasteiger partial charge on any atom is -0.482 e. The van der Waals surface area contributed by atoms with E-state index in [2.05, 4.69) is 17.6 Å². The van der Waals surface area contributed by atoms with Crippen LogP contribution in [0, 0.1) is 5.41 Å². The van der Waals surface area contributed by atoms with Crippen LogP contribution in [0.5, 0.6) is 5.75 Å². The number of halogens is 2. The van der Waals surface area contributed by atoms with Crippen LogP contribution in [0.25, 0.3) is 0 Å². The predicted octanol–water partition coefficient (Wildman–Crippen LogP) is 2.65. The van der Waals surface area contributed by atoms with Gasteiger partial charge in [-0.25, -0.2) is 0 Å². The van der Waals surface area contributed by atoms with Crippen molar-refractivity contribution in [2.45, 2.75) is 19.8 Å². The molecule has 0 radical (unpaired) electrons. The van der Waals surface area contributed by atoms with Gasteiger partial charge in [-0.3, -0.25) is 4.79 Å². The zero-order valence-corrected chi connectivity index (χ0v) is 13.7. The summed E-state index contributed by atoms with van der Waals surface area (Å²) in [7, 11) is 0. The summed E-state index contributed by atoms with van der Waals surface area (Å²) in [6, 6.07) is 7.15. The number of piperidine rings is 1. The van der Waals surface area contributed by atoms with E-state index in [1.807, 2.05) is 12.1 Å². The Balaban J connectivity index is 0.00000220. The lowest BCUT2D eigenvalue weighted by molar-refractivity contribution is -0.123. The number of ether oxygens (including phenoxy) is 1. The van der Waals surface area contributed by atoms with E-state index < -0.39 is 0 Å². The van der Waals surface area contributed by atoms with Gasteiger partial charge in [0.05, 0.1) is 5.02 Å². The van der Waals surface area contributed by atoms with Gasteiger partial charge in [-0.1, -0.05) is 30.7 Å². The van der Waals surface area contributed by atoms with Crippen molar-refractivity contribution >= 4 is 29.9 Å². The van der Waals surface area contributed by atoms with Crippen molar-refractivity contribution < 1.29 is 9.53 Å². The molecule has 1 aromatic rings. The summed E-state index contributed by atoms with van der Waals surface area (Å²) in [6.45, 7) is 4.94. The van der Waals surface area contributed by atoms with Crippen LogP contribution in [0.15, 0.2) is 24.3 Å². The van der Waals surface area contributed by atoms with Crippen molar-refractivity contribution in [2.75, 3.05) is 26.2 Å². The molecule has 0 aromatic heterocycles. The van der Waals surface area contributed by atoms with Gasteiger partial charge in [0.25, 0.3) is 5.91 Å². The van der Waals surface area contributed by atoms with Gasteiger partial charge in [0.1, 0.15) is 5.75 Å². The Morgan fingerprint density at radius 2 is 2.05 bits per heavy atom. The van der Waals surface area contributed by atoms with E-state index in [4.69, 9.17) is 16.3 Å². The fraction of sp³-hybridized carbons (Fsp3) is 0.533. The monoisotopic (exact) mass is 332 g/mol.